The largest absolute Gasteiger partial charge is 0.497 e. The van der Waals surface area contributed by atoms with Crippen LogP contribution in [0.3, 0.4) is 0 Å². The van der Waals surface area contributed by atoms with Gasteiger partial charge in [0, 0.05) is 10.0 Å². The second-order valence-corrected chi connectivity index (χ2v) is 5.62. The molecular weight excluding hydrogens is 318 g/mol. The van der Waals surface area contributed by atoms with Gasteiger partial charge in [0.05, 0.1) is 19.4 Å². The van der Waals surface area contributed by atoms with Crippen LogP contribution in [0.15, 0.2) is 39.4 Å². The summed E-state index contributed by atoms with van der Waals surface area (Å²) in [5.41, 5.74) is 2.32. The van der Waals surface area contributed by atoms with Gasteiger partial charge in [-0.15, -0.1) is 0 Å². The van der Waals surface area contributed by atoms with Crippen molar-refractivity contribution in [3.05, 3.63) is 51.9 Å². The number of hydrogen-bond donors (Lipinski definition) is 1. The number of ether oxygens (including phenoxy) is 1. The third kappa shape index (κ3) is 3.44. The molecule has 0 aliphatic rings. The van der Waals surface area contributed by atoms with Gasteiger partial charge in [0.1, 0.15) is 11.5 Å². The first-order valence-electron chi connectivity index (χ1n) is 6.77. The molecule has 0 saturated heterocycles. The summed E-state index contributed by atoms with van der Waals surface area (Å²) in [6.45, 7) is 5.07. The Morgan fingerprint density at radius 2 is 2.15 bits per heavy atom. The molecule has 1 aromatic heterocycles. The highest BCUT2D eigenvalue weighted by atomic mass is 79.9. The van der Waals surface area contributed by atoms with Crippen molar-refractivity contribution in [3.63, 3.8) is 0 Å². The van der Waals surface area contributed by atoms with Gasteiger partial charge >= 0.3 is 0 Å². The molecule has 20 heavy (non-hydrogen) atoms. The lowest BCUT2D eigenvalue weighted by atomic mass is 10.0. The van der Waals surface area contributed by atoms with Crippen LogP contribution < -0.4 is 10.1 Å². The van der Waals surface area contributed by atoms with Gasteiger partial charge in [-0.1, -0.05) is 28.9 Å². The Hall–Kier alpha value is -1.26. The zero-order chi connectivity index (χ0) is 14.5. The molecule has 1 aromatic carbocycles. The van der Waals surface area contributed by atoms with Crippen molar-refractivity contribution >= 4 is 15.9 Å². The fourth-order valence-electron chi connectivity index (χ4n) is 2.18. The van der Waals surface area contributed by atoms with E-state index >= 15 is 0 Å². The first-order valence-corrected chi connectivity index (χ1v) is 7.56. The average molecular weight is 338 g/mol. The Morgan fingerprint density at radius 3 is 2.70 bits per heavy atom. The zero-order valence-corrected chi connectivity index (χ0v) is 13.7. The molecule has 2 aromatic rings. The molecule has 0 radical (unpaired) electrons. The van der Waals surface area contributed by atoms with Crippen molar-refractivity contribution in [3.8, 4) is 5.75 Å². The summed E-state index contributed by atoms with van der Waals surface area (Å²) in [5.74, 6) is 1.77. The lowest BCUT2D eigenvalue weighted by molar-refractivity contribution is 0.414. The molecule has 3 nitrogen and oxygen atoms in total. The van der Waals surface area contributed by atoms with Crippen molar-refractivity contribution in [2.45, 2.75) is 26.3 Å². The van der Waals surface area contributed by atoms with E-state index in [0.29, 0.717) is 0 Å². The molecule has 0 saturated carbocycles. The van der Waals surface area contributed by atoms with Gasteiger partial charge < -0.3 is 14.5 Å². The number of methoxy groups -OCH3 is 1. The van der Waals surface area contributed by atoms with Gasteiger partial charge in [-0.2, -0.15) is 0 Å². The van der Waals surface area contributed by atoms with E-state index in [2.05, 4.69) is 40.3 Å². The summed E-state index contributed by atoms with van der Waals surface area (Å²) in [4.78, 5) is 0. The van der Waals surface area contributed by atoms with E-state index in [1.165, 1.54) is 5.56 Å². The summed E-state index contributed by atoms with van der Waals surface area (Å²) in [6, 6.07) is 8.24. The normalized spacial score (nSPS) is 12.4. The van der Waals surface area contributed by atoms with Crippen LogP contribution in [0.2, 0.25) is 0 Å². The quantitative estimate of drug-likeness (QED) is 0.845. The SMILES string of the molecule is CCCNC(c1coc(C)c1)c1ccc(OC)cc1Br. The van der Waals surface area contributed by atoms with E-state index in [1.54, 1.807) is 7.11 Å². The fourth-order valence-corrected chi connectivity index (χ4v) is 2.77. The lowest BCUT2D eigenvalue weighted by Gasteiger charge is -2.19. The van der Waals surface area contributed by atoms with Crippen LogP contribution in [0.5, 0.6) is 5.75 Å². The molecule has 4 heteroatoms. The monoisotopic (exact) mass is 337 g/mol. The second-order valence-electron chi connectivity index (χ2n) is 4.77. The molecule has 0 aliphatic carbocycles. The molecule has 0 fully saturated rings. The number of halogens is 1. The highest BCUT2D eigenvalue weighted by Crippen LogP contribution is 2.32. The number of hydrogen-bond acceptors (Lipinski definition) is 3. The molecule has 1 unspecified atom stereocenters. The van der Waals surface area contributed by atoms with Crippen molar-refractivity contribution in [2.24, 2.45) is 0 Å². The van der Waals surface area contributed by atoms with Crippen LogP contribution in [0.1, 0.15) is 36.3 Å². The predicted octanol–water partition coefficient (Wildman–Crippen LogP) is 4.45. The molecule has 2 rings (SSSR count). The smallest absolute Gasteiger partial charge is 0.120 e. The van der Waals surface area contributed by atoms with Crippen molar-refractivity contribution in [1.82, 2.24) is 5.32 Å². The Balaban J connectivity index is 2.35. The Bertz CT molecular complexity index is 565. The molecule has 0 amide bonds. The second kappa shape index (κ2) is 6.95. The maximum absolute atomic E-state index is 5.45. The Kier molecular flexibility index (Phi) is 5.26. The van der Waals surface area contributed by atoms with E-state index in [-0.39, 0.29) is 6.04 Å². The fraction of sp³-hybridized carbons (Fsp3) is 0.375. The van der Waals surface area contributed by atoms with E-state index < -0.39 is 0 Å². The third-order valence-electron chi connectivity index (χ3n) is 3.20. The van der Waals surface area contributed by atoms with E-state index in [1.807, 2.05) is 25.3 Å². The molecule has 1 heterocycles. The molecule has 0 aliphatic heterocycles. The standard InChI is InChI=1S/C16H20BrNO2/c1-4-7-18-16(12-8-11(2)20-10-12)14-6-5-13(19-3)9-15(14)17/h5-6,8-10,16,18H,4,7H2,1-3H3. The Morgan fingerprint density at radius 1 is 1.35 bits per heavy atom. The predicted molar refractivity (Wildman–Crippen MR) is 84.3 cm³/mol. The van der Waals surface area contributed by atoms with Gasteiger partial charge in [-0.3, -0.25) is 0 Å². The number of aryl methyl sites for hydroxylation is 1. The van der Waals surface area contributed by atoms with Crippen LogP contribution in [0.4, 0.5) is 0 Å². The van der Waals surface area contributed by atoms with Crippen molar-refractivity contribution in [1.29, 1.82) is 0 Å². The lowest BCUT2D eigenvalue weighted by Crippen LogP contribution is -2.23. The van der Waals surface area contributed by atoms with Gasteiger partial charge in [0.15, 0.2) is 0 Å². The molecule has 108 valence electrons. The van der Waals surface area contributed by atoms with E-state index in [4.69, 9.17) is 9.15 Å². The number of benzene rings is 1. The molecule has 0 spiro atoms. The molecular formula is C16H20BrNO2. The summed E-state index contributed by atoms with van der Waals surface area (Å²) in [7, 11) is 1.67. The number of nitrogens with one attached hydrogen (secondary N) is 1. The van der Waals surface area contributed by atoms with E-state index in [9.17, 15) is 0 Å². The molecule has 1 atom stereocenters. The third-order valence-corrected chi connectivity index (χ3v) is 3.89. The maximum atomic E-state index is 5.45. The topological polar surface area (TPSA) is 34.4 Å². The van der Waals surface area contributed by atoms with Gasteiger partial charge in [-0.25, -0.2) is 0 Å². The highest BCUT2D eigenvalue weighted by molar-refractivity contribution is 9.10. The summed E-state index contributed by atoms with van der Waals surface area (Å²) in [5, 5.41) is 3.56. The van der Waals surface area contributed by atoms with E-state index in [0.717, 1.165) is 34.5 Å². The van der Waals surface area contributed by atoms with Crippen LogP contribution in [0, 0.1) is 6.92 Å². The minimum atomic E-state index is 0.118. The average Bonchev–Trinajstić information content (AvgIpc) is 2.87. The van der Waals surface area contributed by atoms with Crippen LogP contribution in [-0.2, 0) is 0 Å². The van der Waals surface area contributed by atoms with Crippen molar-refractivity contribution < 1.29 is 9.15 Å². The van der Waals surface area contributed by atoms with Crippen LogP contribution >= 0.6 is 15.9 Å². The van der Waals surface area contributed by atoms with Crippen LogP contribution in [-0.4, -0.2) is 13.7 Å². The Labute approximate surface area is 128 Å². The summed E-state index contributed by atoms with van der Waals surface area (Å²) < 4.78 is 11.7. The highest BCUT2D eigenvalue weighted by Gasteiger charge is 2.18. The minimum absolute atomic E-state index is 0.118. The number of rotatable bonds is 6. The maximum Gasteiger partial charge on any atom is 0.120 e. The molecule has 1 N–H and O–H groups in total. The van der Waals surface area contributed by atoms with Gasteiger partial charge in [0.2, 0.25) is 0 Å². The van der Waals surface area contributed by atoms with Gasteiger partial charge in [0.25, 0.3) is 0 Å². The van der Waals surface area contributed by atoms with Crippen molar-refractivity contribution in [2.75, 3.05) is 13.7 Å². The van der Waals surface area contributed by atoms with Gasteiger partial charge in [-0.05, 0) is 43.7 Å². The summed E-state index contributed by atoms with van der Waals surface area (Å²) >= 11 is 3.63. The number of furan rings is 1. The first kappa shape index (κ1) is 15.1. The molecule has 0 bridgehead atoms. The summed E-state index contributed by atoms with van der Waals surface area (Å²) in [6.07, 6.45) is 2.90. The van der Waals surface area contributed by atoms with Crippen LogP contribution in [0.25, 0.3) is 0 Å². The zero-order valence-electron chi connectivity index (χ0n) is 12.1. The minimum Gasteiger partial charge on any atom is -0.497 e. The first-order chi connectivity index (χ1) is 9.65.